The van der Waals surface area contributed by atoms with Gasteiger partial charge < -0.3 is 14.1 Å². The molecule has 1 amide bonds. The molecule has 0 unspecified atom stereocenters. The Morgan fingerprint density at radius 1 is 1.18 bits per heavy atom. The van der Waals surface area contributed by atoms with Crippen LogP contribution in [-0.4, -0.2) is 67.6 Å². The SMILES string of the molecule is CCS(=O)(=O)N1CCN(C(=O)CCc2ncc(-c3ccc(OC)cc3)o2)CC1. The van der Waals surface area contributed by atoms with Crippen molar-refractivity contribution in [3.63, 3.8) is 0 Å². The lowest BCUT2D eigenvalue weighted by Gasteiger charge is -2.33. The van der Waals surface area contributed by atoms with Gasteiger partial charge in [0.2, 0.25) is 15.9 Å². The van der Waals surface area contributed by atoms with Crippen LogP contribution in [0.2, 0.25) is 0 Å². The minimum absolute atomic E-state index is 0.0160. The molecule has 0 atom stereocenters. The van der Waals surface area contributed by atoms with Gasteiger partial charge in [-0.15, -0.1) is 0 Å². The summed E-state index contributed by atoms with van der Waals surface area (Å²) in [7, 11) is -1.58. The molecule has 9 heteroatoms. The summed E-state index contributed by atoms with van der Waals surface area (Å²) >= 11 is 0. The van der Waals surface area contributed by atoms with Crippen molar-refractivity contribution in [3.8, 4) is 17.1 Å². The first-order valence-electron chi connectivity index (χ1n) is 9.27. The molecule has 1 aliphatic heterocycles. The van der Waals surface area contributed by atoms with E-state index in [-0.39, 0.29) is 18.1 Å². The second-order valence-corrected chi connectivity index (χ2v) is 8.78. The van der Waals surface area contributed by atoms with Crippen molar-refractivity contribution in [1.82, 2.24) is 14.2 Å². The van der Waals surface area contributed by atoms with Gasteiger partial charge in [-0.05, 0) is 31.2 Å². The van der Waals surface area contributed by atoms with Gasteiger partial charge in [-0.3, -0.25) is 4.79 Å². The number of ether oxygens (including phenoxy) is 1. The highest BCUT2D eigenvalue weighted by molar-refractivity contribution is 7.89. The van der Waals surface area contributed by atoms with Crippen molar-refractivity contribution < 1.29 is 22.4 Å². The van der Waals surface area contributed by atoms with Gasteiger partial charge in [-0.2, -0.15) is 4.31 Å². The molecule has 0 bridgehead atoms. The summed E-state index contributed by atoms with van der Waals surface area (Å²) in [4.78, 5) is 18.4. The number of benzene rings is 1. The first kappa shape index (κ1) is 20.3. The number of rotatable bonds is 7. The van der Waals surface area contributed by atoms with Crippen LogP contribution in [0, 0.1) is 0 Å². The molecule has 1 aliphatic rings. The van der Waals surface area contributed by atoms with E-state index in [1.165, 1.54) is 4.31 Å². The lowest BCUT2D eigenvalue weighted by molar-refractivity contribution is -0.132. The number of methoxy groups -OCH3 is 1. The van der Waals surface area contributed by atoms with E-state index in [4.69, 9.17) is 9.15 Å². The van der Waals surface area contributed by atoms with Gasteiger partial charge in [-0.25, -0.2) is 13.4 Å². The fourth-order valence-electron chi connectivity index (χ4n) is 3.08. The summed E-state index contributed by atoms with van der Waals surface area (Å²) in [5.74, 6) is 1.98. The smallest absolute Gasteiger partial charge is 0.223 e. The molecule has 2 aromatic rings. The summed E-state index contributed by atoms with van der Waals surface area (Å²) in [5, 5.41) is 0. The van der Waals surface area contributed by atoms with Gasteiger partial charge >= 0.3 is 0 Å². The second kappa shape index (κ2) is 8.74. The van der Waals surface area contributed by atoms with Crippen LogP contribution in [-0.2, 0) is 21.2 Å². The van der Waals surface area contributed by atoms with E-state index in [2.05, 4.69) is 4.98 Å². The number of carbonyl (C=O) groups is 1. The molecule has 1 fully saturated rings. The average Bonchev–Trinajstić information content (AvgIpc) is 3.21. The van der Waals surface area contributed by atoms with Crippen LogP contribution in [0.1, 0.15) is 19.2 Å². The average molecular weight is 407 g/mol. The molecule has 152 valence electrons. The number of hydrogen-bond acceptors (Lipinski definition) is 6. The third kappa shape index (κ3) is 4.71. The maximum absolute atomic E-state index is 12.4. The number of oxazole rings is 1. The Morgan fingerprint density at radius 2 is 1.86 bits per heavy atom. The van der Waals surface area contributed by atoms with E-state index in [0.29, 0.717) is 44.3 Å². The normalized spacial score (nSPS) is 15.6. The third-order valence-electron chi connectivity index (χ3n) is 4.83. The molecule has 0 saturated carbocycles. The van der Waals surface area contributed by atoms with Crippen LogP contribution in [0.4, 0.5) is 0 Å². The minimum atomic E-state index is -3.19. The number of aromatic nitrogens is 1. The highest BCUT2D eigenvalue weighted by Crippen LogP contribution is 2.23. The summed E-state index contributed by atoms with van der Waals surface area (Å²) in [6, 6.07) is 7.47. The Balaban J connectivity index is 1.51. The van der Waals surface area contributed by atoms with Gasteiger partial charge in [0.15, 0.2) is 11.7 Å². The van der Waals surface area contributed by atoms with Crippen molar-refractivity contribution in [2.75, 3.05) is 39.0 Å². The van der Waals surface area contributed by atoms with Gasteiger partial charge in [0, 0.05) is 44.6 Å². The third-order valence-corrected chi connectivity index (χ3v) is 6.71. The number of aryl methyl sites for hydroxylation is 1. The maximum atomic E-state index is 12.4. The van der Waals surface area contributed by atoms with Crippen molar-refractivity contribution in [2.45, 2.75) is 19.8 Å². The van der Waals surface area contributed by atoms with E-state index in [1.54, 1.807) is 25.1 Å². The Hall–Kier alpha value is -2.39. The van der Waals surface area contributed by atoms with E-state index < -0.39 is 10.0 Å². The molecule has 2 heterocycles. The number of carbonyl (C=O) groups excluding carboxylic acids is 1. The predicted molar refractivity (Wildman–Crippen MR) is 104 cm³/mol. The Bertz CT molecular complexity index is 900. The molecule has 0 N–H and O–H groups in total. The fraction of sp³-hybridized carbons (Fsp3) is 0.474. The summed E-state index contributed by atoms with van der Waals surface area (Å²) in [6.45, 7) is 3.16. The quantitative estimate of drug-likeness (QED) is 0.695. The van der Waals surface area contributed by atoms with Gasteiger partial charge in [0.05, 0.1) is 19.1 Å². The molecule has 28 heavy (non-hydrogen) atoms. The molecular formula is C19H25N3O5S. The molecule has 0 radical (unpaired) electrons. The molecule has 0 aliphatic carbocycles. The zero-order chi connectivity index (χ0) is 20.1. The number of hydrogen-bond donors (Lipinski definition) is 0. The van der Waals surface area contributed by atoms with Gasteiger partial charge in [0.1, 0.15) is 5.75 Å². The van der Waals surface area contributed by atoms with Crippen LogP contribution in [0.15, 0.2) is 34.9 Å². The van der Waals surface area contributed by atoms with E-state index in [9.17, 15) is 13.2 Å². The second-order valence-electron chi connectivity index (χ2n) is 6.53. The van der Waals surface area contributed by atoms with E-state index >= 15 is 0 Å². The lowest BCUT2D eigenvalue weighted by atomic mass is 10.2. The summed E-state index contributed by atoms with van der Waals surface area (Å²) in [5.41, 5.74) is 0.888. The number of nitrogens with zero attached hydrogens (tertiary/aromatic N) is 3. The van der Waals surface area contributed by atoms with Crippen molar-refractivity contribution in [3.05, 3.63) is 36.4 Å². The Kier molecular flexibility index (Phi) is 6.35. The van der Waals surface area contributed by atoms with Gasteiger partial charge in [0.25, 0.3) is 0 Å². The van der Waals surface area contributed by atoms with Gasteiger partial charge in [-0.1, -0.05) is 0 Å². The molecule has 1 aromatic carbocycles. The largest absolute Gasteiger partial charge is 0.497 e. The first-order chi connectivity index (χ1) is 13.4. The van der Waals surface area contributed by atoms with Crippen LogP contribution in [0.25, 0.3) is 11.3 Å². The van der Waals surface area contributed by atoms with Crippen LogP contribution in [0.5, 0.6) is 5.75 Å². The van der Waals surface area contributed by atoms with Crippen molar-refractivity contribution in [1.29, 1.82) is 0 Å². The Labute approximate surface area is 165 Å². The zero-order valence-electron chi connectivity index (χ0n) is 16.1. The summed E-state index contributed by atoms with van der Waals surface area (Å²) < 4.78 is 36.1. The molecule has 3 rings (SSSR count). The monoisotopic (exact) mass is 407 g/mol. The number of amides is 1. The van der Waals surface area contributed by atoms with Crippen LogP contribution in [0.3, 0.4) is 0 Å². The fourth-order valence-corrected chi connectivity index (χ4v) is 4.17. The number of piperazine rings is 1. The Morgan fingerprint density at radius 3 is 2.46 bits per heavy atom. The number of sulfonamides is 1. The van der Waals surface area contributed by atoms with E-state index in [0.717, 1.165) is 11.3 Å². The molecular weight excluding hydrogens is 382 g/mol. The highest BCUT2D eigenvalue weighted by Gasteiger charge is 2.27. The van der Waals surface area contributed by atoms with Crippen LogP contribution < -0.4 is 4.74 Å². The van der Waals surface area contributed by atoms with Crippen molar-refractivity contribution in [2.24, 2.45) is 0 Å². The zero-order valence-corrected chi connectivity index (χ0v) is 16.9. The lowest BCUT2D eigenvalue weighted by Crippen LogP contribution is -2.50. The first-order valence-corrected chi connectivity index (χ1v) is 10.9. The minimum Gasteiger partial charge on any atom is -0.497 e. The molecule has 0 spiro atoms. The molecule has 1 saturated heterocycles. The van der Waals surface area contributed by atoms with Crippen LogP contribution >= 0.6 is 0 Å². The van der Waals surface area contributed by atoms with Crippen molar-refractivity contribution >= 4 is 15.9 Å². The molecule has 8 nitrogen and oxygen atoms in total. The predicted octanol–water partition coefficient (Wildman–Crippen LogP) is 1.78. The molecule has 1 aromatic heterocycles. The summed E-state index contributed by atoms with van der Waals surface area (Å²) in [6.07, 6.45) is 2.33. The standard InChI is InChI=1S/C19H25N3O5S/c1-3-28(24,25)22-12-10-21(11-13-22)19(23)9-8-18-20-14-17(27-18)15-4-6-16(26-2)7-5-15/h4-7,14H,3,8-13H2,1-2H3. The van der Waals surface area contributed by atoms with E-state index in [1.807, 2.05) is 24.3 Å². The topological polar surface area (TPSA) is 93.0 Å². The highest BCUT2D eigenvalue weighted by atomic mass is 32.2. The maximum Gasteiger partial charge on any atom is 0.223 e.